The summed E-state index contributed by atoms with van der Waals surface area (Å²) in [5, 5.41) is -1.16. The van der Waals surface area contributed by atoms with E-state index < -0.39 is 36.8 Å². The number of nitrogens with zero attached hydrogens (tertiary/aromatic N) is 2. The van der Waals surface area contributed by atoms with Gasteiger partial charge in [-0.1, -0.05) is 60.7 Å². The van der Waals surface area contributed by atoms with Gasteiger partial charge in [-0.25, -0.2) is 25.6 Å². The summed E-state index contributed by atoms with van der Waals surface area (Å²) in [7, 11) is -8.75. The summed E-state index contributed by atoms with van der Waals surface area (Å²) in [6.45, 7) is -0.0666. The second-order valence-corrected chi connectivity index (χ2v) is 13.1. The van der Waals surface area contributed by atoms with Crippen molar-refractivity contribution in [3.8, 4) is 0 Å². The lowest BCUT2D eigenvalue weighted by Crippen LogP contribution is -2.43. The summed E-state index contributed by atoms with van der Waals surface area (Å²) >= 11 is 0. The van der Waals surface area contributed by atoms with Crippen molar-refractivity contribution in [1.29, 1.82) is 0 Å². The smallest absolute Gasteiger partial charge is 0.251 e. The highest BCUT2D eigenvalue weighted by molar-refractivity contribution is 8.09. The monoisotopic (exact) mass is 570 g/mol. The molecule has 0 radical (unpaired) electrons. The van der Waals surface area contributed by atoms with Crippen LogP contribution in [0, 0.1) is 11.6 Å². The van der Waals surface area contributed by atoms with E-state index >= 15 is 0 Å². The minimum atomic E-state index is -4.37. The van der Waals surface area contributed by atoms with E-state index in [-0.39, 0.29) is 25.9 Å². The fourth-order valence-corrected chi connectivity index (χ4v) is 8.27. The van der Waals surface area contributed by atoms with Crippen LogP contribution in [-0.2, 0) is 32.9 Å². The zero-order valence-electron chi connectivity index (χ0n) is 21.0. The topological polar surface area (TPSA) is 74.8 Å². The zero-order valence-corrected chi connectivity index (χ0v) is 22.7. The van der Waals surface area contributed by atoms with Crippen LogP contribution in [0.4, 0.5) is 20.2 Å². The number of para-hydroxylation sites is 2. The van der Waals surface area contributed by atoms with Crippen LogP contribution in [0.2, 0.25) is 0 Å². The molecule has 10 heteroatoms. The van der Waals surface area contributed by atoms with Crippen LogP contribution < -0.4 is 8.61 Å². The summed E-state index contributed by atoms with van der Waals surface area (Å²) in [5.41, 5.74) is 2.07. The summed E-state index contributed by atoms with van der Waals surface area (Å²) in [6, 6.07) is 28.0. The molecule has 4 rings (SSSR count). The predicted molar refractivity (Wildman–Crippen MR) is 150 cm³/mol. The van der Waals surface area contributed by atoms with E-state index in [2.05, 4.69) is 0 Å². The molecule has 0 fully saturated rings. The second kappa shape index (κ2) is 12.4. The fourth-order valence-electron chi connectivity index (χ4n) is 4.12. The first kappa shape index (κ1) is 28.3. The molecule has 0 N–H and O–H groups in total. The normalized spacial score (nSPS) is 11.7. The van der Waals surface area contributed by atoms with Crippen molar-refractivity contribution < 1.29 is 25.6 Å². The molecule has 0 aromatic heterocycles. The number of sulfonamides is 2. The lowest BCUT2D eigenvalue weighted by Gasteiger charge is -2.28. The Labute approximate surface area is 228 Å². The standard InChI is InChI=1S/C29H28F2N2O4S2/c30-26-15-11-24(12-16-26)19-21-32(28-7-3-1-4-8-28)38(34,35)23-39(36,37)33(29-9-5-2-6-10-29)22-20-25-13-17-27(31)18-14-25/h1-18H,19-23H2. The molecule has 0 spiro atoms. The van der Waals surface area contributed by atoms with Crippen LogP contribution in [0.3, 0.4) is 0 Å². The molecule has 4 aromatic rings. The first-order chi connectivity index (χ1) is 18.6. The van der Waals surface area contributed by atoms with Crippen molar-refractivity contribution in [3.05, 3.63) is 132 Å². The summed E-state index contributed by atoms with van der Waals surface area (Å²) in [4.78, 5) is 0. The van der Waals surface area contributed by atoms with Crippen molar-refractivity contribution in [1.82, 2.24) is 0 Å². The molecule has 0 unspecified atom stereocenters. The summed E-state index contributed by atoms with van der Waals surface area (Å²) in [6.07, 6.45) is 0.503. The van der Waals surface area contributed by atoms with E-state index in [4.69, 9.17) is 0 Å². The molecule has 0 atom stereocenters. The summed E-state index contributed by atoms with van der Waals surface area (Å²) < 4.78 is 83.6. The molecule has 0 bridgehead atoms. The zero-order chi connectivity index (χ0) is 27.9. The van der Waals surface area contributed by atoms with E-state index in [1.54, 1.807) is 84.9 Å². The van der Waals surface area contributed by atoms with E-state index in [9.17, 15) is 25.6 Å². The van der Waals surface area contributed by atoms with Crippen LogP contribution in [0.25, 0.3) is 0 Å². The van der Waals surface area contributed by atoms with Crippen LogP contribution in [0.15, 0.2) is 109 Å². The Kier molecular flexibility index (Phi) is 8.98. The first-order valence-electron chi connectivity index (χ1n) is 12.2. The van der Waals surface area contributed by atoms with Crippen molar-refractivity contribution in [3.63, 3.8) is 0 Å². The number of anilines is 2. The van der Waals surface area contributed by atoms with Gasteiger partial charge in [0, 0.05) is 13.1 Å². The van der Waals surface area contributed by atoms with Gasteiger partial charge in [0.05, 0.1) is 11.4 Å². The lowest BCUT2D eigenvalue weighted by molar-refractivity contribution is 0.582. The molecule has 0 saturated heterocycles. The molecule has 0 aliphatic heterocycles. The molecule has 0 saturated carbocycles. The van der Waals surface area contributed by atoms with Gasteiger partial charge >= 0.3 is 0 Å². The molecule has 0 heterocycles. The maximum Gasteiger partial charge on any atom is 0.251 e. The van der Waals surface area contributed by atoms with Gasteiger partial charge in [0.25, 0.3) is 20.0 Å². The van der Waals surface area contributed by atoms with Crippen LogP contribution in [0.1, 0.15) is 11.1 Å². The fraction of sp³-hybridized carbons (Fsp3) is 0.172. The molecule has 4 aromatic carbocycles. The molecule has 0 amide bonds. The Morgan fingerprint density at radius 3 is 1.15 bits per heavy atom. The molecule has 0 aliphatic carbocycles. The van der Waals surface area contributed by atoms with Crippen LogP contribution in [-0.4, -0.2) is 35.0 Å². The van der Waals surface area contributed by atoms with Gasteiger partial charge in [0.15, 0.2) is 5.08 Å². The quantitative estimate of drug-likeness (QED) is 0.229. The second-order valence-electron chi connectivity index (χ2n) is 8.91. The number of hydrogen-bond acceptors (Lipinski definition) is 4. The van der Waals surface area contributed by atoms with Gasteiger partial charge in [0.2, 0.25) is 0 Å². The van der Waals surface area contributed by atoms with Gasteiger partial charge in [-0.2, -0.15) is 0 Å². The molecule has 39 heavy (non-hydrogen) atoms. The maximum absolute atomic E-state index is 13.7. The minimum Gasteiger partial charge on any atom is -0.269 e. The van der Waals surface area contributed by atoms with Gasteiger partial charge in [-0.15, -0.1) is 0 Å². The van der Waals surface area contributed by atoms with Crippen LogP contribution >= 0.6 is 0 Å². The molecule has 6 nitrogen and oxygen atoms in total. The number of hydrogen-bond donors (Lipinski definition) is 0. The van der Waals surface area contributed by atoms with E-state index in [1.807, 2.05) is 0 Å². The van der Waals surface area contributed by atoms with Crippen molar-refractivity contribution in [2.75, 3.05) is 26.8 Å². The Bertz CT molecular complexity index is 1450. The van der Waals surface area contributed by atoms with Crippen LogP contribution in [0.5, 0.6) is 0 Å². The predicted octanol–water partition coefficient (Wildman–Crippen LogP) is 5.38. The molecule has 204 valence electrons. The average Bonchev–Trinajstić information content (AvgIpc) is 2.91. The molecular formula is C29H28F2N2O4S2. The van der Waals surface area contributed by atoms with Gasteiger partial charge < -0.3 is 0 Å². The Hall–Kier alpha value is -3.76. The Morgan fingerprint density at radius 1 is 0.487 bits per heavy atom. The summed E-state index contributed by atoms with van der Waals surface area (Å²) in [5.74, 6) is -0.807. The third kappa shape index (κ3) is 7.64. The number of halogens is 2. The van der Waals surface area contributed by atoms with E-state index in [0.717, 1.165) is 8.61 Å². The lowest BCUT2D eigenvalue weighted by atomic mass is 10.1. The van der Waals surface area contributed by atoms with Crippen molar-refractivity contribution in [2.45, 2.75) is 12.8 Å². The number of rotatable bonds is 12. The average molecular weight is 571 g/mol. The Morgan fingerprint density at radius 2 is 0.821 bits per heavy atom. The first-order valence-corrected chi connectivity index (χ1v) is 15.5. The minimum absolute atomic E-state index is 0.0333. The van der Waals surface area contributed by atoms with Gasteiger partial charge in [-0.3, -0.25) is 8.61 Å². The highest BCUT2D eigenvalue weighted by atomic mass is 32.3. The largest absolute Gasteiger partial charge is 0.269 e. The Balaban J connectivity index is 1.61. The molecular weight excluding hydrogens is 542 g/mol. The third-order valence-electron chi connectivity index (χ3n) is 6.09. The highest BCUT2D eigenvalue weighted by Gasteiger charge is 2.33. The van der Waals surface area contributed by atoms with Gasteiger partial charge in [0.1, 0.15) is 11.6 Å². The van der Waals surface area contributed by atoms with E-state index in [1.165, 1.54) is 24.3 Å². The molecule has 0 aliphatic rings. The maximum atomic E-state index is 13.7. The van der Waals surface area contributed by atoms with Crippen molar-refractivity contribution >= 4 is 31.4 Å². The highest BCUT2D eigenvalue weighted by Crippen LogP contribution is 2.24. The third-order valence-corrected chi connectivity index (χ3v) is 10.6. The van der Waals surface area contributed by atoms with Gasteiger partial charge in [-0.05, 0) is 72.5 Å². The SMILES string of the molecule is O=S(=O)(CS(=O)(=O)N(CCc1ccc(F)cc1)c1ccccc1)N(CCc1ccc(F)cc1)c1ccccc1. The number of benzene rings is 4. The van der Waals surface area contributed by atoms with Crippen molar-refractivity contribution in [2.24, 2.45) is 0 Å². The van der Waals surface area contributed by atoms with E-state index in [0.29, 0.717) is 22.5 Å².